The van der Waals surface area contributed by atoms with E-state index in [1.165, 1.54) is 15.4 Å². The van der Waals surface area contributed by atoms with Crippen LogP contribution >= 0.6 is 11.3 Å². The number of hydrogen-bond donors (Lipinski definition) is 0. The first-order valence-corrected chi connectivity index (χ1v) is 3.98. The van der Waals surface area contributed by atoms with Gasteiger partial charge in [0.25, 0.3) is 0 Å². The first-order valence-electron chi connectivity index (χ1n) is 3.10. The summed E-state index contributed by atoms with van der Waals surface area (Å²) in [5, 5.41) is 1.97. The van der Waals surface area contributed by atoms with Crippen molar-refractivity contribution in [3.05, 3.63) is 17.5 Å². The van der Waals surface area contributed by atoms with Crippen molar-refractivity contribution >= 4 is 38.6 Å². The first kappa shape index (κ1) is 7.43. The Bertz CT molecular complexity index is 210. The largest absolute Gasteiger partial charge is 0.476 e. The molecule has 0 atom stereocenters. The van der Waals surface area contributed by atoms with Crippen molar-refractivity contribution in [2.45, 2.75) is 0 Å². The van der Waals surface area contributed by atoms with Crippen LogP contribution in [-0.4, -0.2) is 22.5 Å². The summed E-state index contributed by atoms with van der Waals surface area (Å²) in [5.41, 5.74) is 0. The van der Waals surface area contributed by atoms with Gasteiger partial charge in [0.15, 0.2) is 0 Å². The van der Waals surface area contributed by atoms with Crippen molar-refractivity contribution < 1.29 is 13.7 Å². The Balaban J connectivity index is 2.04. The fraction of sp³-hybridized carbons (Fsp3) is 0. The lowest BCUT2D eigenvalue weighted by Gasteiger charge is -2.16. The summed E-state index contributed by atoms with van der Waals surface area (Å²) in [6, 6.07) is 3.89. The SMILES string of the molecule is [B]1O[B]OB(c2cccs2)O1. The van der Waals surface area contributed by atoms with Crippen molar-refractivity contribution in [1.29, 1.82) is 0 Å². The van der Waals surface area contributed by atoms with Gasteiger partial charge in [-0.25, -0.2) is 0 Å². The van der Waals surface area contributed by atoms with Crippen LogP contribution in [0.2, 0.25) is 0 Å². The average Bonchev–Trinajstić information content (AvgIpc) is 2.58. The predicted molar refractivity (Wildman–Crippen MR) is 44.5 cm³/mol. The molecule has 0 amide bonds. The van der Waals surface area contributed by atoms with Crippen molar-refractivity contribution in [2.75, 3.05) is 0 Å². The smallest absolute Gasteiger partial charge is 0.457 e. The third-order valence-electron chi connectivity index (χ3n) is 1.24. The predicted octanol–water partition coefficient (Wildman–Crippen LogP) is -0.425. The van der Waals surface area contributed by atoms with Crippen LogP contribution in [0.4, 0.5) is 0 Å². The molecule has 11 heavy (non-hydrogen) atoms. The summed E-state index contributed by atoms with van der Waals surface area (Å²) in [5.74, 6) is 0. The van der Waals surface area contributed by atoms with Gasteiger partial charge in [-0.3, -0.25) is 0 Å². The van der Waals surface area contributed by atoms with Gasteiger partial charge in [-0.05, 0) is 5.38 Å². The van der Waals surface area contributed by atoms with Gasteiger partial charge in [0.05, 0.1) is 0 Å². The number of rotatable bonds is 1. The van der Waals surface area contributed by atoms with Crippen molar-refractivity contribution in [2.24, 2.45) is 0 Å². The zero-order valence-electron chi connectivity index (χ0n) is 5.60. The van der Waals surface area contributed by atoms with Gasteiger partial charge in [-0.15, -0.1) is 0 Å². The monoisotopic (exact) mass is 164 g/mol. The Morgan fingerprint density at radius 2 is 2.18 bits per heavy atom. The maximum atomic E-state index is 5.03. The van der Waals surface area contributed by atoms with Gasteiger partial charge in [0, 0.05) is 4.78 Å². The lowest BCUT2D eigenvalue weighted by molar-refractivity contribution is 0.334. The lowest BCUT2D eigenvalue weighted by atomic mass is 9.83. The molecule has 2 heterocycles. The quantitative estimate of drug-likeness (QED) is 0.526. The van der Waals surface area contributed by atoms with Gasteiger partial charge >= 0.3 is 22.5 Å². The molecule has 1 saturated heterocycles. The van der Waals surface area contributed by atoms with E-state index < -0.39 is 0 Å². The van der Waals surface area contributed by atoms with E-state index in [0.29, 0.717) is 0 Å². The van der Waals surface area contributed by atoms with E-state index in [-0.39, 0.29) is 7.12 Å². The van der Waals surface area contributed by atoms with Gasteiger partial charge in [-0.1, -0.05) is 12.1 Å². The van der Waals surface area contributed by atoms with Gasteiger partial charge in [0.2, 0.25) is 0 Å². The zero-order chi connectivity index (χ0) is 7.52. The highest BCUT2D eigenvalue weighted by molar-refractivity contribution is 7.21. The van der Waals surface area contributed by atoms with Crippen molar-refractivity contribution in [1.82, 2.24) is 0 Å². The Kier molecular flexibility index (Phi) is 2.33. The maximum absolute atomic E-state index is 5.03. The molecule has 0 N–H and O–H groups in total. The second-order valence-electron chi connectivity index (χ2n) is 1.95. The molecule has 1 aromatic heterocycles. The van der Waals surface area contributed by atoms with E-state index in [0.717, 1.165) is 4.78 Å². The third-order valence-corrected chi connectivity index (χ3v) is 2.14. The van der Waals surface area contributed by atoms with Crippen LogP contribution in [0.15, 0.2) is 17.5 Å². The van der Waals surface area contributed by atoms with E-state index in [1.807, 2.05) is 17.5 Å². The van der Waals surface area contributed by atoms with E-state index >= 15 is 0 Å². The van der Waals surface area contributed by atoms with E-state index in [9.17, 15) is 0 Å². The molecule has 7 heteroatoms. The Morgan fingerprint density at radius 3 is 2.82 bits per heavy atom. The summed E-state index contributed by atoms with van der Waals surface area (Å²) < 4.78 is 15.7. The lowest BCUT2D eigenvalue weighted by Crippen LogP contribution is -2.42. The van der Waals surface area contributed by atoms with Crippen LogP contribution in [0.1, 0.15) is 0 Å². The molecule has 0 aromatic carbocycles. The molecule has 0 unspecified atom stereocenters. The van der Waals surface area contributed by atoms with E-state index in [1.54, 1.807) is 11.3 Å². The Morgan fingerprint density at radius 1 is 1.36 bits per heavy atom. The molecule has 1 aliphatic heterocycles. The van der Waals surface area contributed by atoms with Crippen molar-refractivity contribution in [3.63, 3.8) is 0 Å². The molecule has 1 aromatic rings. The van der Waals surface area contributed by atoms with Gasteiger partial charge in [-0.2, -0.15) is 11.3 Å². The molecule has 52 valence electrons. The molecule has 1 aliphatic rings. The number of hydrogen-bond acceptors (Lipinski definition) is 4. The van der Waals surface area contributed by atoms with Crippen LogP contribution in [0.3, 0.4) is 0 Å². The summed E-state index contributed by atoms with van der Waals surface area (Å²) >= 11 is 1.58. The molecule has 0 aliphatic carbocycles. The minimum Gasteiger partial charge on any atom is -0.457 e. The highest BCUT2D eigenvalue weighted by Crippen LogP contribution is 2.01. The highest BCUT2D eigenvalue weighted by Gasteiger charge is 2.27. The number of thiophene rings is 1. The summed E-state index contributed by atoms with van der Waals surface area (Å²) in [6.45, 7) is 0. The van der Waals surface area contributed by atoms with Crippen LogP contribution in [0.25, 0.3) is 0 Å². The average molecular weight is 164 g/mol. The fourth-order valence-electron chi connectivity index (χ4n) is 0.779. The Hall–Kier alpha value is -0.225. The fourth-order valence-corrected chi connectivity index (χ4v) is 1.47. The molecule has 2 radical (unpaired) electrons. The standard InChI is InChI=1S/C4H3B3O3S/c1-2-4(11-3-1)7-9-5-8-6-10-7/h1-3H. The van der Waals surface area contributed by atoms with Gasteiger partial charge < -0.3 is 13.7 Å². The highest BCUT2D eigenvalue weighted by atomic mass is 32.1. The van der Waals surface area contributed by atoms with Crippen LogP contribution < -0.4 is 4.78 Å². The minimum absolute atomic E-state index is 0.330. The summed E-state index contributed by atoms with van der Waals surface area (Å²) in [4.78, 5) is 0. The second kappa shape index (κ2) is 3.45. The normalized spacial score (nSPS) is 17.3. The summed E-state index contributed by atoms with van der Waals surface area (Å²) in [7, 11) is 2.19. The van der Waals surface area contributed by atoms with Crippen LogP contribution in [-0.2, 0) is 13.7 Å². The van der Waals surface area contributed by atoms with Gasteiger partial charge in [0.1, 0.15) is 0 Å². The third kappa shape index (κ3) is 1.68. The van der Waals surface area contributed by atoms with Crippen LogP contribution in [0, 0.1) is 0 Å². The summed E-state index contributed by atoms with van der Waals surface area (Å²) in [6.07, 6.45) is 0. The minimum atomic E-state index is -0.330. The van der Waals surface area contributed by atoms with Crippen molar-refractivity contribution in [3.8, 4) is 0 Å². The molecular formula is C4H3B3O3S. The second-order valence-corrected chi connectivity index (χ2v) is 2.93. The van der Waals surface area contributed by atoms with E-state index in [2.05, 4.69) is 4.57 Å². The molecule has 1 fully saturated rings. The van der Waals surface area contributed by atoms with Crippen LogP contribution in [0.5, 0.6) is 0 Å². The molecule has 3 nitrogen and oxygen atoms in total. The topological polar surface area (TPSA) is 27.7 Å². The Labute approximate surface area is 70.4 Å². The molecule has 0 bridgehead atoms. The first-order chi connectivity index (χ1) is 5.47. The molecule has 0 spiro atoms. The molecular weight excluding hydrogens is 161 g/mol. The van der Waals surface area contributed by atoms with E-state index in [4.69, 9.17) is 9.14 Å². The maximum Gasteiger partial charge on any atom is 0.476 e. The zero-order valence-corrected chi connectivity index (χ0v) is 6.41. The molecule has 2 rings (SSSR count). The molecule has 0 saturated carbocycles.